The Hall–Kier alpha value is -1.42. The van der Waals surface area contributed by atoms with Crippen molar-refractivity contribution in [3.8, 4) is 6.07 Å². The van der Waals surface area contributed by atoms with Gasteiger partial charge in [-0.15, -0.1) is 0 Å². The summed E-state index contributed by atoms with van der Waals surface area (Å²) in [5.74, 6) is 0. The van der Waals surface area contributed by atoms with Crippen LogP contribution in [0.15, 0.2) is 23.1 Å². The Kier molecular flexibility index (Phi) is 4.11. The first-order valence-corrected chi connectivity index (χ1v) is 8.34. The molecule has 0 bridgehead atoms. The lowest BCUT2D eigenvalue weighted by Gasteiger charge is -2.44. The van der Waals surface area contributed by atoms with Crippen LogP contribution in [0.2, 0.25) is 0 Å². The Balaban J connectivity index is 2.37. The van der Waals surface area contributed by atoms with Crippen LogP contribution in [0.25, 0.3) is 0 Å². The number of sulfonamides is 1. The normalized spacial score (nSPS) is 20.1. The number of nitriles is 1. The van der Waals surface area contributed by atoms with Gasteiger partial charge in [-0.25, -0.2) is 8.42 Å². The van der Waals surface area contributed by atoms with E-state index in [9.17, 15) is 8.42 Å². The zero-order valence-electron chi connectivity index (χ0n) is 12.9. The van der Waals surface area contributed by atoms with Crippen LogP contribution >= 0.6 is 0 Å². The highest BCUT2D eigenvalue weighted by Crippen LogP contribution is 2.26. The van der Waals surface area contributed by atoms with Gasteiger partial charge in [-0.1, -0.05) is 0 Å². The summed E-state index contributed by atoms with van der Waals surface area (Å²) in [4.78, 5) is 2.46. The van der Waals surface area contributed by atoms with E-state index in [0.717, 1.165) is 0 Å². The highest BCUT2D eigenvalue weighted by Gasteiger charge is 2.37. The summed E-state index contributed by atoms with van der Waals surface area (Å²) in [5.41, 5.74) is 0.905. The third-order valence-corrected chi connectivity index (χ3v) is 6.21. The number of hydrogen-bond acceptors (Lipinski definition) is 4. The molecule has 1 fully saturated rings. The summed E-state index contributed by atoms with van der Waals surface area (Å²) in [5, 5.41) is 8.89. The Morgan fingerprint density at radius 1 is 1.29 bits per heavy atom. The van der Waals surface area contributed by atoms with Crippen LogP contribution in [-0.2, 0) is 10.0 Å². The van der Waals surface area contributed by atoms with Gasteiger partial charge in [0.05, 0.1) is 16.5 Å². The molecular formula is C15H21N3O2S. The van der Waals surface area contributed by atoms with Crippen molar-refractivity contribution in [1.82, 2.24) is 9.21 Å². The molecule has 1 aliphatic heterocycles. The predicted molar refractivity (Wildman–Crippen MR) is 81.4 cm³/mol. The number of benzene rings is 1. The lowest BCUT2D eigenvalue weighted by molar-refractivity contribution is 0.0801. The molecule has 0 amide bonds. The minimum Gasteiger partial charge on any atom is -0.299 e. The number of rotatable bonds is 2. The van der Waals surface area contributed by atoms with E-state index < -0.39 is 10.0 Å². The molecule has 0 unspecified atom stereocenters. The third kappa shape index (κ3) is 2.95. The third-order valence-electron chi connectivity index (χ3n) is 4.20. The molecule has 1 saturated heterocycles. The highest BCUT2D eigenvalue weighted by atomic mass is 32.2. The van der Waals surface area contributed by atoms with Crippen LogP contribution in [0.4, 0.5) is 0 Å². The zero-order valence-corrected chi connectivity index (χ0v) is 13.7. The molecule has 1 aliphatic rings. The molecule has 0 aromatic heterocycles. The van der Waals surface area contributed by atoms with Crippen molar-refractivity contribution < 1.29 is 8.42 Å². The summed E-state index contributed by atoms with van der Waals surface area (Å²) in [6.07, 6.45) is 0. The van der Waals surface area contributed by atoms with E-state index >= 15 is 0 Å². The predicted octanol–water partition coefficient (Wildman–Crippen LogP) is 1.58. The Morgan fingerprint density at radius 3 is 2.48 bits per heavy atom. The summed E-state index contributed by atoms with van der Waals surface area (Å²) in [6, 6.07) is 6.74. The van der Waals surface area contributed by atoms with Gasteiger partial charge in [0.25, 0.3) is 0 Å². The zero-order chi connectivity index (χ0) is 15.8. The summed E-state index contributed by atoms with van der Waals surface area (Å²) in [6.45, 7) is 7.48. The Morgan fingerprint density at radius 2 is 1.95 bits per heavy atom. The fourth-order valence-electron chi connectivity index (χ4n) is 2.55. The van der Waals surface area contributed by atoms with E-state index in [2.05, 4.69) is 4.90 Å². The van der Waals surface area contributed by atoms with E-state index in [4.69, 9.17) is 5.26 Å². The highest BCUT2D eigenvalue weighted by molar-refractivity contribution is 7.89. The average Bonchev–Trinajstić information content (AvgIpc) is 2.41. The van der Waals surface area contributed by atoms with Crippen LogP contribution in [0, 0.1) is 18.3 Å². The molecule has 114 valence electrons. The maximum atomic E-state index is 12.8. The fraction of sp³-hybridized carbons (Fsp3) is 0.533. The van der Waals surface area contributed by atoms with Crippen molar-refractivity contribution in [1.29, 1.82) is 5.26 Å². The average molecular weight is 307 g/mol. The van der Waals surface area contributed by atoms with Crippen LogP contribution < -0.4 is 0 Å². The standard InChI is InChI=1S/C15H21N3O2S/c1-12-9-13(10-16)5-6-14(12)21(19,20)18-8-7-17(4)15(2,3)11-18/h5-6,9H,7-8,11H2,1-4H3. The molecule has 0 aliphatic carbocycles. The lowest BCUT2D eigenvalue weighted by Crippen LogP contribution is -2.58. The minimum absolute atomic E-state index is 0.189. The molecule has 0 atom stereocenters. The van der Waals surface area contributed by atoms with Crippen molar-refractivity contribution >= 4 is 10.0 Å². The Labute approximate surface area is 126 Å². The molecule has 0 radical (unpaired) electrons. The summed E-state index contributed by atoms with van der Waals surface area (Å²) in [7, 11) is -1.50. The van der Waals surface area contributed by atoms with Crippen molar-refractivity contribution in [2.24, 2.45) is 0 Å². The van der Waals surface area contributed by atoms with Gasteiger partial charge >= 0.3 is 0 Å². The second-order valence-corrected chi connectivity index (χ2v) is 8.07. The molecule has 2 rings (SSSR count). The first kappa shape index (κ1) is 16.0. The second-order valence-electron chi connectivity index (χ2n) is 6.16. The van der Waals surface area contributed by atoms with Gasteiger partial charge in [0.2, 0.25) is 10.0 Å². The van der Waals surface area contributed by atoms with E-state index in [-0.39, 0.29) is 5.54 Å². The molecule has 1 heterocycles. The molecule has 21 heavy (non-hydrogen) atoms. The van der Waals surface area contributed by atoms with Gasteiger partial charge in [-0.05, 0) is 51.6 Å². The Bertz CT molecular complexity index is 689. The molecule has 6 heteroatoms. The van der Waals surface area contributed by atoms with Crippen molar-refractivity contribution in [2.75, 3.05) is 26.7 Å². The summed E-state index contributed by atoms with van der Waals surface area (Å²) >= 11 is 0. The number of piperazine rings is 1. The van der Waals surface area contributed by atoms with Crippen molar-refractivity contribution in [3.63, 3.8) is 0 Å². The quantitative estimate of drug-likeness (QED) is 0.832. The number of aryl methyl sites for hydroxylation is 1. The SMILES string of the molecule is Cc1cc(C#N)ccc1S(=O)(=O)N1CCN(C)C(C)(C)C1. The topological polar surface area (TPSA) is 64.4 Å². The molecule has 0 spiro atoms. The van der Waals surface area contributed by atoms with Crippen LogP contribution in [0.1, 0.15) is 25.0 Å². The first-order chi connectivity index (χ1) is 9.68. The van der Waals surface area contributed by atoms with Crippen molar-refractivity contribution in [2.45, 2.75) is 31.2 Å². The maximum Gasteiger partial charge on any atom is 0.243 e. The largest absolute Gasteiger partial charge is 0.299 e. The number of likely N-dealkylation sites (N-methyl/N-ethyl adjacent to an activating group) is 1. The van der Waals surface area contributed by atoms with Crippen LogP contribution in [0.5, 0.6) is 0 Å². The first-order valence-electron chi connectivity index (χ1n) is 6.90. The van der Waals surface area contributed by atoms with Gasteiger partial charge in [-0.3, -0.25) is 4.90 Å². The lowest BCUT2D eigenvalue weighted by atomic mass is 10.0. The van der Waals surface area contributed by atoms with Crippen molar-refractivity contribution in [3.05, 3.63) is 29.3 Å². The van der Waals surface area contributed by atoms with E-state index in [1.54, 1.807) is 23.4 Å². The monoisotopic (exact) mass is 307 g/mol. The van der Waals surface area contributed by atoms with Gasteiger partial charge in [0, 0.05) is 25.2 Å². The van der Waals surface area contributed by atoms with Crippen LogP contribution in [-0.4, -0.2) is 49.8 Å². The van der Waals surface area contributed by atoms with Gasteiger partial charge < -0.3 is 0 Å². The van der Waals surface area contributed by atoms with Crippen LogP contribution in [0.3, 0.4) is 0 Å². The van der Waals surface area contributed by atoms with Gasteiger partial charge in [0.1, 0.15) is 0 Å². The number of nitrogens with zero attached hydrogens (tertiary/aromatic N) is 3. The smallest absolute Gasteiger partial charge is 0.243 e. The molecular weight excluding hydrogens is 286 g/mol. The second kappa shape index (κ2) is 5.41. The van der Waals surface area contributed by atoms with Gasteiger partial charge in [0.15, 0.2) is 0 Å². The maximum absolute atomic E-state index is 12.8. The van der Waals surface area contributed by atoms with E-state index in [1.165, 1.54) is 6.07 Å². The molecule has 0 N–H and O–H groups in total. The molecule has 0 saturated carbocycles. The minimum atomic E-state index is -3.51. The van der Waals surface area contributed by atoms with E-state index in [1.807, 2.05) is 27.0 Å². The number of hydrogen-bond donors (Lipinski definition) is 0. The molecule has 1 aromatic rings. The molecule has 1 aromatic carbocycles. The van der Waals surface area contributed by atoms with E-state index in [0.29, 0.717) is 35.7 Å². The molecule has 5 nitrogen and oxygen atoms in total. The fourth-order valence-corrected chi connectivity index (χ4v) is 4.34. The van der Waals surface area contributed by atoms with Gasteiger partial charge in [-0.2, -0.15) is 9.57 Å². The summed E-state index contributed by atoms with van der Waals surface area (Å²) < 4.78 is 27.2.